The molecule has 1 aliphatic heterocycles. The Hall–Kier alpha value is -1.44. The molecule has 2 heterocycles. The number of aromatic nitrogens is 2. The van der Waals surface area contributed by atoms with Crippen molar-refractivity contribution in [3.63, 3.8) is 0 Å². The SMILES string of the molecule is Nc1cc(Br)ccc1-c1nc(C2COCCO2)no1. The minimum atomic E-state index is -0.275. The zero-order chi connectivity index (χ0) is 13.2. The molecule has 1 saturated heterocycles. The van der Waals surface area contributed by atoms with E-state index in [0.717, 1.165) is 4.47 Å². The maximum absolute atomic E-state index is 5.93. The number of nitrogens with two attached hydrogens (primary N) is 1. The summed E-state index contributed by atoms with van der Waals surface area (Å²) in [4.78, 5) is 4.32. The van der Waals surface area contributed by atoms with Gasteiger partial charge in [-0.25, -0.2) is 0 Å². The molecular weight excluding hydrogens is 314 g/mol. The molecule has 100 valence electrons. The predicted molar refractivity (Wildman–Crippen MR) is 71.4 cm³/mol. The Morgan fingerprint density at radius 1 is 1.32 bits per heavy atom. The molecule has 1 fully saturated rings. The molecule has 0 spiro atoms. The quantitative estimate of drug-likeness (QED) is 0.852. The van der Waals surface area contributed by atoms with Crippen LogP contribution in [0.25, 0.3) is 11.5 Å². The molecule has 6 nitrogen and oxygen atoms in total. The molecule has 0 bridgehead atoms. The van der Waals surface area contributed by atoms with Crippen LogP contribution in [0.3, 0.4) is 0 Å². The molecular formula is C12H12BrN3O3. The van der Waals surface area contributed by atoms with Crippen molar-refractivity contribution in [2.75, 3.05) is 25.6 Å². The van der Waals surface area contributed by atoms with Gasteiger partial charge in [0, 0.05) is 10.2 Å². The van der Waals surface area contributed by atoms with E-state index in [0.29, 0.717) is 42.8 Å². The molecule has 2 aromatic rings. The fourth-order valence-corrected chi connectivity index (χ4v) is 2.22. The van der Waals surface area contributed by atoms with Crippen LogP contribution in [0.1, 0.15) is 11.9 Å². The Morgan fingerprint density at radius 2 is 2.21 bits per heavy atom. The highest BCUT2D eigenvalue weighted by Gasteiger charge is 2.23. The summed E-state index contributed by atoms with van der Waals surface area (Å²) in [7, 11) is 0. The number of rotatable bonds is 2. The van der Waals surface area contributed by atoms with Gasteiger partial charge in [-0.1, -0.05) is 21.1 Å². The molecule has 1 aliphatic rings. The first-order valence-corrected chi connectivity index (χ1v) is 6.61. The highest BCUT2D eigenvalue weighted by molar-refractivity contribution is 9.10. The minimum absolute atomic E-state index is 0.275. The first-order chi connectivity index (χ1) is 9.24. The third kappa shape index (κ3) is 2.63. The smallest absolute Gasteiger partial charge is 0.260 e. The van der Waals surface area contributed by atoms with Crippen molar-refractivity contribution in [2.24, 2.45) is 0 Å². The third-order valence-corrected chi connectivity index (χ3v) is 3.28. The van der Waals surface area contributed by atoms with E-state index in [1.165, 1.54) is 0 Å². The Kier molecular flexibility index (Phi) is 3.50. The second-order valence-electron chi connectivity index (χ2n) is 4.12. The zero-order valence-corrected chi connectivity index (χ0v) is 11.6. The fourth-order valence-electron chi connectivity index (χ4n) is 1.84. The number of hydrogen-bond donors (Lipinski definition) is 1. The summed E-state index contributed by atoms with van der Waals surface area (Å²) in [6.45, 7) is 1.57. The fraction of sp³-hybridized carbons (Fsp3) is 0.333. The maximum Gasteiger partial charge on any atom is 0.260 e. The Labute approximate surface area is 118 Å². The summed E-state index contributed by atoms with van der Waals surface area (Å²) in [5.74, 6) is 0.867. The minimum Gasteiger partial charge on any atom is -0.398 e. The van der Waals surface area contributed by atoms with Gasteiger partial charge < -0.3 is 19.7 Å². The molecule has 0 saturated carbocycles. The first-order valence-electron chi connectivity index (χ1n) is 5.82. The number of halogens is 1. The monoisotopic (exact) mass is 325 g/mol. The van der Waals surface area contributed by atoms with Crippen LogP contribution in [-0.4, -0.2) is 30.0 Å². The molecule has 3 rings (SSSR count). The number of nitrogens with zero attached hydrogens (tertiary/aromatic N) is 2. The van der Waals surface area contributed by atoms with E-state index in [2.05, 4.69) is 26.1 Å². The summed E-state index contributed by atoms with van der Waals surface area (Å²) in [6, 6.07) is 5.49. The van der Waals surface area contributed by atoms with E-state index in [-0.39, 0.29) is 6.10 Å². The van der Waals surface area contributed by atoms with Crippen LogP contribution in [0.5, 0.6) is 0 Å². The number of anilines is 1. The van der Waals surface area contributed by atoms with Crippen LogP contribution >= 0.6 is 15.9 Å². The Balaban J connectivity index is 1.87. The summed E-state index contributed by atoms with van der Waals surface area (Å²) < 4.78 is 17.0. The van der Waals surface area contributed by atoms with E-state index in [1.807, 2.05) is 12.1 Å². The number of hydrogen-bond acceptors (Lipinski definition) is 6. The van der Waals surface area contributed by atoms with Crippen LogP contribution in [-0.2, 0) is 9.47 Å². The number of ether oxygens (including phenoxy) is 2. The van der Waals surface area contributed by atoms with Gasteiger partial charge in [0.1, 0.15) is 6.10 Å². The summed E-state index contributed by atoms with van der Waals surface area (Å²) >= 11 is 3.35. The summed E-state index contributed by atoms with van der Waals surface area (Å²) in [6.07, 6.45) is -0.275. The molecule has 1 unspecified atom stereocenters. The lowest BCUT2D eigenvalue weighted by Crippen LogP contribution is -2.22. The van der Waals surface area contributed by atoms with Gasteiger partial charge in [-0.05, 0) is 18.2 Å². The summed E-state index contributed by atoms with van der Waals surface area (Å²) in [5.41, 5.74) is 7.21. The van der Waals surface area contributed by atoms with Crippen LogP contribution < -0.4 is 5.73 Å². The molecule has 1 aromatic carbocycles. The van der Waals surface area contributed by atoms with Gasteiger partial charge in [0.15, 0.2) is 0 Å². The largest absolute Gasteiger partial charge is 0.398 e. The zero-order valence-electron chi connectivity index (χ0n) is 10.0. The van der Waals surface area contributed by atoms with E-state index < -0.39 is 0 Å². The van der Waals surface area contributed by atoms with Crippen molar-refractivity contribution >= 4 is 21.6 Å². The average molecular weight is 326 g/mol. The van der Waals surface area contributed by atoms with E-state index in [4.69, 9.17) is 19.7 Å². The van der Waals surface area contributed by atoms with Gasteiger partial charge in [0.05, 0.1) is 25.4 Å². The second kappa shape index (κ2) is 5.28. The molecule has 0 aliphatic carbocycles. The van der Waals surface area contributed by atoms with Gasteiger partial charge in [-0.3, -0.25) is 0 Å². The van der Waals surface area contributed by atoms with E-state index in [9.17, 15) is 0 Å². The van der Waals surface area contributed by atoms with Crippen LogP contribution in [0.15, 0.2) is 27.2 Å². The molecule has 0 amide bonds. The lowest BCUT2D eigenvalue weighted by molar-refractivity contribution is -0.0941. The van der Waals surface area contributed by atoms with E-state index >= 15 is 0 Å². The topological polar surface area (TPSA) is 83.4 Å². The van der Waals surface area contributed by atoms with Crippen molar-refractivity contribution in [1.82, 2.24) is 10.1 Å². The first kappa shape index (κ1) is 12.6. The normalized spacial score (nSPS) is 19.5. The van der Waals surface area contributed by atoms with Crippen LogP contribution in [0.2, 0.25) is 0 Å². The molecule has 7 heteroatoms. The third-order valence-electron chi connectivity index (χ3n) is 2.79. The van der Waals surface area contributed by atoms with Crippen molar-refractivity contribution in [1.29, 1.82) is 0 Å². The van der Waals surface area contributed by atoms with Gasteiger partial charge in [0.2, 0.25) is 5.82 Å². The number of benzene rings is 1. The molecule has 1 atom stereocenters. The van der Waals surface area contributed by atoms with Crippen molar-refractivity contribution in [3.8, 4) is 11.5 Å². The van der Waals surface area contributed by atoms with Gasteiger partial charge in [-0.2, -0.15) is 4.98 Å². The molecule has 19 heavy (non-hydrogen) atoms. The second-order valence-corrected chi connectivity index (χ2v) is 5.04. The van der Waals surface area contributed by atoms with Crippen molar-refractivity contribution in [3.05, 3.63) is 28.5 Å². The molecule has 2 N–H and O–H groups in total. The van der Waals surface area contributed by atoms with Crippen molar-refractivity contribution in [2.45, 2.75) is 6.10 Å². The number of nitrogen functional groups attached to an aromatic ring is 1. The lowest BCUT2D eigenvalue weighted by atomic mass is 10.2. The summed E-state index contributed by atoms with van der Waals surface area (Å²) in [5, 5.41) is 3.92. The van der Waals surface area contributed by atoms with Gasteiger partial charge >= 0.3 is 0 Å². The van der Waals surface area contributed by atoms with Gasteiger partial charge in [-0.15, -0.1) is 0 Å². The van der Waals surface area contributed by atoms with E-state index in [1.54, 1.807) is 6.07 Å². The Bertz CT molecular complexity index is 581. The molecule has 0 radical (unpaired) electrons. The lowest BCUT2D eigenvalue weighted by Gasteiger charge is -2.19. The highest BCUT2D eigenvalue weighted by atomic mass is 79.9. The van der Waals surface area contributed by atoms with Gasteiger partial charge in [0.25, 0.3) is 5.89 Å². The van der Waals surface area contributed by atoms with Crippen molar-refractivity contribution < 1.29 is 14.0 Å². The van der Waals surface area contributed by atoms with Crippen LogP contribution in [0, 0.1) is 0 Å². The molecule has 1 aromatic heterocycles. The highest BCUT2D eigenvalue weighted by Crippen LogP contribution is 2.28. The standard InChI is InChI=1S/C12H12BrN3O3/c13-7-1-2-8(9(14)5-7)12-15-11(16-19-12)10-6-17-3-4-18-10/h1-2,5,10H,3-4,6,14H2. The Morgan fingerprint density at radius 3 is 2.95 bits per heavy atom. The predicted octanol–water partition coefficient (Wildman–Crippen LogP) is 2.17. The average Bonchev–Trinajstić information content (AvgIpc) is 2.89. The maximum atomic E-state index is 5.93. The van der Waals surface area contributed by atoms with Crippen LogP contribution in [0.4, 0.5) is 5.69 Å².